The molecule has 4 aliphatic carbocycles. The van der Waals surface area contributed by atoms with Gasteiger partial charge in [-0.2, -0.15) is 0 Å². The van der Waals surface area contributed by atoms with Crippen molar-refractivity contribution in [2.45, 2.75) is 115 Å². The Morgan fingerprint density at radius 2 is 1.79 bits per heavy atom. The van der Waals surface area contributed by atoms with E-state index >= 15 is 0 Å². The van der Waals surface area contributed by atoms with Crippen LogP contribution in [0.4, 0.5) is 0 Å². The summed E-state index contributed by atoms with van der Waals surface area (Å²) in [5, 5.41) is 12.5. The molecule has 6 aliphatic rings. The van der Waals surface area contributed by atoms with Crippen LogP contribution in [0, 0.1) is 22.7 Å². The van der Waals surface area contributed by atoms with Crippen LogP contribution in [-0.2, 0) is 23.7 Å². The summed E-state index contributed by atoms with van der Waals surface area (Å²) in [5.41, 5.74) is -0.826. The fourth-order valence-corrected chi connectivity index (χ4v) is 9.17. The van der Waals surface area contributed by atoms with Crippen molar-refractivity contribution in [3.05, 3.63) is 11.6 Å². The van der Waals surface area contributed by atoms with Crippen LogP contribution in [0.5, 0.6) is 0 Å². The topological polar surface area (TPSA) is 74.2 Å². The minimum absolute atomic E-state index is 0.130. The summed E-state index contributed by atoms with van der Waals surface area (Å²) in [6.45, 7) is 8.28. The molecule has 2 aliphatic heterocycles. The zero-order valence-corrected chi connectivity index (χ0v) is 21.2. The molecule has 7 atom stereocenters. The van der Waals surface area contributed by atoms with Gasteiger partial charge in [0.15, 0.2) is 17.9 Å². The van der Waals surface area contributed by atoms with E-state index in [0.717, 1.165) is 64.2 Å². The molecule has 1 N–H and O–H groups in total. The van der Waals surface area contributed by atoms with Crippen molar-refractivity contribution >= 4 is 5.78 Å². The Labute approximate surface area is 203 Å². The summed E-state index contributed by atoms with van der Waals surface area (Å²) in [6.07, 6.45) is 11.6. The quantitative estimate of drug-likeness (QED) is 0.599. The molecule has 0 aromatic rings. The van der Waals surface area contributed by atoms with E-state index in [0.29, 0.717) is 26.2 Å². The highest BCUT2D eigenvalue weighted by molar-refractivity contribution is 5.86. The number of carbonyl (C=O) groups excluding carboxylic acids is 1. The SMILES string of the molecule is CC(=O)[C@@]1(OC2CCCCO2)CC[C@H]2[C@@H]3CC=C4CC5(CC[C@]4(C)[C@@]3(O)CC[C@@]21C)OCCO5. The molecule has 6 nitrogen and oxygen atoms in total. The molecule has 0 bridgehead atoms. The predicted octanol–water partition coefficient (Wildman–Crippen LogP) is 4.68. The van der Waals surface area contributed by atoms with Gasteiger partial charge >= 0.3 is 0 Å². The average Bonchev–Trinajstić information content (AvgIpc) is 3.39. The third-order valence-electron chi connectivity index (χ3n) is 11.3. The number of aliphatic hydroxyl groups is 1. The molecule has 1 unspecified atom stereocenters. The van der Waals surface area contributed by atoms with Crippen molar-refractivity contribution in [1.29, 1.82) is 0 Å². The number of hydrogen-bond acceptors (Lipinski definition) is 6. The van der Waals surface area contributed by atoms with Crippen LogP contribution in [-0.4, -0.2) is 54.0 Å². The number of allylic oxidation sites excluding steroid dienone is 1. The molecule has 34 heavy (non-hydrogen) atoms. The zero-order valence-electron chi connectivity index (χ0n) is 21.2. The summed E-state index contributed by atoms with van der Waals surface area (Å²) in [6, 6.07) is 0. The molecule has 6 rings (SSSR count). The first-order valence-corrected chi connectivity index (χ1v) is 13.7. The fraction of sp³-hybridized carbons (Fsp3) is 0.893. The lowest BCUT2D eigenvalue weighted by Crippen LogP contribution is -2.66. The number of Topliss-reactive ketones (excluding diaryl/α,β-unsaturated/α-hetero) is 1. The minimum atomic E-state index is -0.811. The van der Waals surface area contributed by atoms with Crippen molar-refractivity contribution in [2.24, 2.45) is 22.7 Å². The van der Waals surface area contributed by atoms with Crippen molar-refractivity contribution in [3.63, 3.8) is 0 Å². The van der Waals surface area contributed by atoms with Gasteiger partial charge in [0.2, 0.25) is 0 Å². The van der Waals surface area contributed by atoms with Gasteiger partial charge in [-0.1, -0.05) is 25.5 Å². The standard InChI is InChI=1S/C28H42O6/c1-19(29)28(34-23-6-4-5-15-31-23)10-9-21-22-8-7-20-18-26(32-16-17-33-26)13-11-24(20,2)27(22,30)14-12-25(21,28)3/h7,21-23,30H,4-6,8-18H2,1-3H3/t21-,22-,23?,24-,25-,27+,28-/m0/s1. The van der Waals surface area contributed by atoms with E-state index in [1.54, 1.807) is 6.92 Å². The lowest BCUT2D eigenvalue weighted by molar-refractivity contribution is -0.266. The van der Waals surface area contributed by atoms with Crippen molar-refractivity contribution in [2.75, 3.05) is 19.8 Å². The van der Waals surface area contributed by atoms with E-state index in [1.807, 2.05) is 0 Å². The molecule has 0 aromatic heterocycles. The molecule has 3 saturated carbocycles. The van der Waals surface area contributed by atoms with E-state index in [4.69, 9.17) is 18.9 Å². The molecule has 190 valence electrons. The summed E-state index contributed by atoms with van der Waals surface area (Å²) in [4.78, 5) is 13.3. The molecule has 2 saturated heterocycles. The first-order chi connectivity index (χ1) is 16.2. The van der Waals surface area contributed by atoms with Crippen LogP contribution < -0.4 is 0 Å². The first-order valence-electron chi connectivity index (χ1n) is 13.7. The molecule has 5 fully saturated rings. The molecule has 1 spiro atoms. The number of carbonyl (C=O) groups is 1. The molecule has 2 heterocycles. The Balaban J connectivity index is 1.32. The smallest absolute Gasteiger partial charge is 0.172 e. The van der Waals surface area contributed by atoms with Gasteiger partial charge in [0.25, 0.3) is 0 Å². The highest BCUT2D eigenvalue weighted by Gasteiger charge is 2.71. The van der Waals surface area contributed by atoms with Gasteiger partial charge in [-0.3, -0.25) is 4.79 Å². The molecule has 0 radical (unpaired) electrons. The second-order valence-electron chi connectivity index (χ2n) is 12.5. The van der Waals surface area contributed by atoms with Crippen LogP contribution >= 0.6 is 0 Å². The third kappa shape index (κ3) is 3.01. The van der Waals surface area contributed by atoms with Gasteiger partial charge in [-0.05, 0) is 76.5 Å². The maximum absolute atomic E-state index is 13.3. The van der Waals surface area contributed by atoms with E-state index in [-0.39, 0.29) is 34.7 Å². The average molecular weight is 475 g/mol. The van der Waals surface area contributed by atoms with Gasteiger partial charge in [0.05, 0.1) is 18.8 Å². The molecule has 6 heteroatoms. The number of rotatable bonds is 3. The van der Waals surface area contributed by atoms with Gasteiger partial charge in [0.1, 0.15) is 5.60 Å². The largest absolute Gasteiger partial charge is 0.389 e. The Morgan fingerprint density at radius 1 is 1.00 bits per heavy atom. The number of hydrogen-bond donors (Lipinski definition) is 1. The lowest BCUT2D eigenvalue weighted by atomic mass is 9.44. The molecule has 0 amide bonds. The second kappa shape index (κ2) is 7.85. The van der Waals surface area contributed by atoms with Gasteiger partial charge < -0.3 is 24.1 Å². The molecular weight excluding hydrogens is 432 g/mol. The van der Waals surface area contributed by atoms with E-state index in [9.17, 15) is 9.90 Å². The summed E-state index contributed by atoms with van der Waals surface area (Å²) < 4.78 is 24.7. The van der Waals surface area contributed by atoms with E-state index in [2.05, 4.69) is 19.9 Å². The van der Waals surface area contributed by atoms with Crippen LogP contribution in [0.2, 0.25) is 0 Å². The Morgan fingerprint density at radius 3 is 2.50 bits per heavy atom. The summed E-state index contributed by atoms with van der Waals surface area (Å²) in [5.74, 6) is 0.0354. The second-order valence-corrected chi connectivity index (χ2v) is 12.5. The third-order valence-corrected chi connectivity index (χ3v) is 11.3. The van der Waals surface area contributed by atoms with Gasteiger partial charge in [-0.25, -0.2) is 0 Å². The van der Waals surface area contributed by atoms with E-state index < -0.39 is 17.0 Å². The summed E-state index contributed by atoms with van der Waals surface area (Å²) in [7, 11) is 0. The first kappa shape index (κ1) is 23.6. The maximum Gasteiger partial charge on any atom is 0.172 e. The Kier molecular flexibility index (Phi) is 5.45. The van der Waals surface area contributed by atoms with Gasteiger partial charge in [-0.15, -0.1) is 0 Å². The highest BCUT2D eigenvalue weighted by atomic mass is 16.7. The molecular formula is C28H42O6. The van der Waals surface area contributed by atoms with Crippen molar-refractivity contribution < 1.29 is 28.8 Å². The Bertz CT molecular complexity index is 872. The van der Waals surface area contributed by atoms with Crippen molar-refractivity contribution in [1.82, 2.24) is 0 Å². The summed E-state index contributed by atoms with van der Waals surface area (Å²) >= 11 is 0. The predicted molar refractivity (Wildman–Crippen MR) is 126 cm³/mol. The highest BCUT2D eigenvalue weighted by Crippen LogP contribution is 2.70. The zero-order chi connectivity index (χ0) is 23.8. The number of ether oxygens (including phenoxy) is 4. The number of fused-ring (bicyclic) bond motifs is 5. The molecule has 0 aromatic carbocycles. The van der Waals surface area contributed by atoms with Crippen LogP contribution in [0.1, 0.15) is 91.4 Å². The monoisotopic (exact) mass is 474 g/mol. The lowest BCUT2D eigenvalue weighted by Gasteiger charge is -2.64. The van der Waals surface area contributed by atoms with Crippen molar-refractivity contribution in [3.8, 4) is 0 Å². The maximum atomic E-state index is 13.3. The number of ketones is 1. The van der Waals surface area contributed by atoms with Crippen LogP contribution in [0.15, 0.2) is 11.6 Å². The fourth-order valence-electron chi connectivity index (χ4n) is 9.17. The normalized spacial score (nSPS) is 49.8. The van der Waals surface area contributed by atoms with Gasteiger partial charge in [0, 0.05) is 30.3 Å². The minimum Gasteiger partial charge on any atom is -0.389 e. The Hall–Kier alpha value is -0.790. The van der Waals surface area contributed by atoms with Crippen LogP contribution in [0.3, 0.4) is 0 Å². The van der Waals surface area contributed by atoms with Crippen LogP contribution in [0.25, 0.3) is 0 Å². The van der Waals surface area contributed by atoms with E-state index in [1.165, 1.54) is 5.57 Å².